The summed E-state index contributed by atoms with van der Waals surface area (Å²) >= 11 is 5.99. The molecule has 0 amide bonds. The molecule has 0 saturated heterocycles. The fraction of sp³-hybridized carbons (Fsp3) is 0.188. The molecule has 1 N–H and O–H groups in total. The van der Waals surface area contributed by atoms with Crippen LogP contribution in [0.15, 0.2) is 42.5 Å². The molecule has 0 unspecified atom stereocenters. The number of carbonyl (C=O) groups is 1. The molecule has 0 saturated carbocycles. The number of nitrogens with one attached hydrogen (secondary N) is 1. The molecule has 0 radical (unpaired) electrons. The maximum absolute atomic E-state index is 12.3. The first kappa shape index (κ1) is 17.3. The van der Waals surface area contributed by atoms with Gasteiger partial charge in [0.1, 0.15) is 0 Å². The van der Waals surface area contributed by atoms with E-state index in [9.17, 15) is 13.2 Å². The zero-order valence-corrected chi connectivity index (χ0v) is 14.2. The highest BCUT2D eigenvalue weighted by Crippen LogP contribution is 2.24. The van der Waals surface area contributed by atoms with Crippen LogP contribution in [0.5, 0.6) is 0 Å². The average molecular weight is 354 g/mol. The van der Waals surface area contributed by atoms with Crippen LogP contribution in [0.4, 0.5) is 5.69 Å². The molecule has 0 spiro atoms. The molecule has 0 fully saturated rings. The van der Waals surface area contributed by atoms with E-state index in [1.807, 2.05) is 0 Å². The first-order valence-electron chi connectivity index (χ1n) is 6.75. The highest BCUT2D eigenvalue weighted by molar-refractivity contribution is 7.91. The van der Waals surface area contributed by atoms with Gasteiger partial charge in [-0.15, -0.1) is 0 Å². The number of methoxy groups -OCH3 is 1. The Balaban J connectivity index is 2.15. The Labute approximate surface area is 140 Å². The second-order valence-electron chi connectivity index (χ2n) is 4.96. The summed E-state index contributed by atoms with van der Waals surface area (Å²) in [6, 6.07) is 11.2. The van der Waals surface area contributed by atoms with Crippen LogP contribution in [-0.4, -0.2) is 21.5 Å². The molecule has 7 heteroatoms. The van der Waals surface area contributed by atoms with Crippen LogP contribution < -0.4 is 4.72 Å². The number of hydrogen-bond acceptors (Lipinski definition) is 4. The highest BCUT2D eigenvalue weighted by atomic mass is 35.5. The summed E-state index contributed by atoms with van der Waals surface area (Å²) in [5.74, 6) is -0.674. The zero-order valence-electron chi connectivity index (χ0n) is 12.7. The van der Waals surface area contributed by atoms with Crippen LogP contribution in [0.3, 0.4) is 0 Å². The Kier molecular flexibility index (Phi) is 5.28. The minimum absolute atomic E-state index is 0.208. The fourth-order valence-corrected chi connectivity index (χ4v) is 3.43. The summed E-state index contributed by atoms with van der Waals surface area (Å²) in [6.07, 6.45) is 0. The standard InChI is InChI=1S/C16H16ClNO4S/c1-11-14(17)4-3-5-15(11)18-23(20,21)10-12-6-8-13(9-7-12)16(19)22-2/h3-9,18H,10H2,1-2H3. The Bertz CT molecular complexity index is 816. The average Bonchev–Trinajstić information content (AvgIpc) is 2.51. The Morgan fingerprint density at radius 2 is 1.83 bits per heavy atom. The van der Waals surface area contributed by atoms with Crippen LogP contribution in [-0.2, 0) is 20.5 Å². The van der Waals surface area contributed by atoms with E-state index in [1.54, 1.807) is 37.3 Å². The maximum Gasteiger partial charge on any atom is 0.337 e. The van der Waals surface area contributed by atoms with Gasteiger partial charge in [0.25, 0.3) is 0 Å². The summed E-state index contributed by atoms with van der Waals surface area (Å²) in [4.78, 5) is 11.4. The molecule has 122 valence electrons. The molecule has 0 aliphatic carbocycles. The number of benzene rings is 2. The predicted molar refractivity (Wildman–Crippen MR) is 90.2 cm³/mol. The quantitative estimate of drug-likeness (QED) is 0.836. The normalized spacial score (nSPS) is 11.1. The third-order valence-corrected chi connectivity index (χ3v) is 4.92. The monoisotopic (exact) mass is 353 g/mol. The molecule has 2 aromatic carbocycles. The summed E-state index contributed by atoms with van der Waals surface area (Å²) in [6.45, 7) is 1.74. The number of anilines is 1. The Morgan fingerprint density at radius 3 is 2.43 bits per heavy atom. The van der Waals surface area contributed by atoms with E-state index in [-0.39, 0.29) is 5.75 Å². The molecule has 0 bridgehead atoms. The van der Waals surface area contributed by atoms with Crippen molar-refractivity contribution in [1.29, 1.82) is 0 Å². The number of sulfonamides is 1. The van der Waals surface area contributed by atoms with Crippen molar-refractivity contribution >= 4 is 33.3 Å². The van der Waals surface area contributed by atoms with Gasteiger partial charge in [-0.3, -0.25) is 4.72 Å². The van der Waals surface area contributed by atoms with Gasteiger partial charge in [0, 0.05) is 5.02 Å². The molecular weight excluding hydrogens is 338 g/mol. The molecule has 0 aliphatic rings. The van der Waals surface area contributed by atoms with E-state index < -0.39 is 16.0 Å². The van der Waals surface area contributed by atoms with E-state index in [0.29, 0.717) is 27.4 Å². The van der Waals surface area contributed by atoms with Gasteiger partial charge in [0.05, 0.1) is 24.1 Å². The Morgan fingerprint density at radius 1 is 1.17 bits per heavy atom. The second kappa shape index (κ2) is 7.02. The zero-order chi connectivity index (χ0) is 17.0. The van der Waals surface area contributed by atoms with E-state index >= 15 is 0 Å². The summed E-state index contributed by atoms with van der Waals surface area (Å²) < 4.78 is 31.6. The molecule has 0 atom stereocenters. The highest BCUT2D eigenvalue weighted by Gasteiger charge is 2.14. The third kappa shape index (κ3) is 4.46. The minimum Gasteiger partial charge on any atom is -0.465 e. The number of esters is 1. The van der Waals surface area contributed by atoms with Gasteiger partial charge >= 0.3 is 5.97 Å². The number of carbonyl (C=O) groups excluding carboxylic acids is 1. The molecule has 5 nitrogen and oxygen atoms in total. The van der Waals surface area contributed by atoms with Gasteiger partial charge in [-0.05, 0) is 42.3 Å². The summed E-state index contributed by atoms with van der Waals surface area (Å²) in [5.41, 5.74) is 2.04. The van der Waals surface area contributed by atoms with Gasteiger partial charge in [0.15, 0.2) is 0 Å². The molecule has 0 aromatic heterocycles. The van der Waals surface area contributed by atoms with E-state index in [1.165, 1.54) is 19.2 Å². The number of rotatable bonds is 5. The van der Waals surface area contributed by atoms with Crippen molar-refractivity contribution in [3.8, 4) is 0 Å². The summed E-state index contributed by atoms with van der Waals surface area (Å²) in [7, 11) is -2.30. The molecule has 0 aliphatic heterocycles. The van der Waals surface area contributed by atoms with Gasteiger partial charge in [-0.1, -0.05) is 29.8 Å². The predicted octanol–water partition coefficient (Wildman–Crippen LogP) is 3.38. The van der Waals surface area contributed by atoms with E-state index in [2.05, 4.69) is 9.46 Å². The van der Waals surface area contributed by atoms with E-state index in [0.717, 1.165) is 0 Å². The SMILES string of the molecule is COC(=O)c1ccc(CS(=O)(=O)Nc2cccc(Cl)c2C)cc1. The third-order valence-electron chi connectivity index (χ3n) is 3.26. The first-order valence-corrected chi connectivity index (χ1v) is 8.78. The van der Waals surface area contributed by atoms with Crippen molar-refractivity contribution in [3.63, 3.8) is 0 Å². The second-order valence-corrected chi connectivity index (χ2v) is 7.09. The number of ether oxygens (including phenoxy) is 1. The molecule has 23 heavy (non-hydrogen) atoms. The van der Waals surface area contributed by atoms with Gasteiger partial charge in [-0.25, -0.2) is 13.2 Å². The van der Waals surface area contributed by atoms with Crippen molar-refractivity contribution < 1.29 is 17.9 Å². The lowest BCUT2D eigenvalue weighted by atomic mass is 10.1. The smallest absolute Gasteiger partial charge is 0.337 e. The lowest BCUT2D eigenvalue weighted by Crippen LogP contribution is -2.16. The van der Waals surface area contributed by atoms with Gasteiger partial charge < -0.3 is 4.74 Å². The van der Waals surface area contributed by atoms with Crippen LogP contribution in [0.2, 0.25) is 5.02 Å². The number of hydrogen-bond donors (Lipinski definition) is 1. The van der Waals surface area contributed by atoms with Crippen molar-refractivity contribution in [3.05, 3.63) is 64.2 Å². The van der Waals surface area contributed by atoms with Crippen molar-refractivity contribution in [2.75, 3.05) is 11.8 Å². The topological polar surface area (TPSA) is 72.5 Å². The van der Waals surface area contributed by atoms with Gasteiger partial charge in [-0.2, -0.15) is 0 Å². The summed E-state index contributed by atoms with van der Waals surface area (Å²) in [5, 5.41) is 0.493. The van der Waals surface area contributed by atoms with Crippen molar-refractivity contribution in [1.82, 2.24) is 0 Å². The molecular formula is C16H16ClNO4S. The fourth-order valence-electron chi connectivity index (χ4n) is 2.00. The van der Waals surface area contributed by atoms with Crippen LogP contribution in [0, 0.1) is 6.92 Å². The Hall–Kier alpha value is -2.05. The first-order chi connectivity index (χ1) is 10.8. The molecule has 2 aromatic rings. The van der Waals surface area contributed by atoms with Crippen molar-refractivity contribution in [2.24, 2.45) is 0 Å². The lowest BCUT2D eigenvalue weighted by molar-refractivity contribution is 0.0600. The van der Waals surface area contributed by atoms with Crippen LogP contribution in [0.1, 0.15) is 21.5 Å². The number of halogens is 1. The largest absolute Gasteiger partial charge is 0.465 e. The van der Waals surface area contributed by atoms with Crippen LogP contribution >= 0.6 is 11.6 Å². The van der Waals surface area contributed by atoms with E-state index in [4.69, 9.17) is 11.6 Å². The van der Waals surface area contributed by atoms with Gasteiger partial charge in [0.2, 0.25) is 10.0 Å². The molecule has 2 rings (SSSR count). The maximum atomic E-state index is 12.3. The molecule has 0 heterocycles. The van der Waals surface area contributed by atoms with Crippen molar-refractivity contribution in [2.45, 2.75) is 12.7 Å². The minimum atomic E-state index is -3.59. The van der Waals surface area contributed by atoms with Crippen LogP contribution in [0.25, 0.3) is 0 Å². The lowest BCUT2D eigenvalue weighted by Gasteiger charge is -2.11.